The number of quaternary nitrogens is 1. The third-order valence-electron chi connectivity index (χ3n) is 0.382. The molecule has 32 valence electrons. The minimum absolute atomic E-state index is 0.903. The molecule has 0 aromatic rings. The molecule has 5 heavy (non-hydrogen) atoms. The molecule has 0 radical (unpaired) electrons. The Labute approximate surface area is 32.3 Å². The predicted octanol–water partition coefficient (Wildman–Crippen LogP) is -0.0730. The second-order valence-electron chi connectivity index (χ2n) is 0.947. The molecule has 0 aliphatic rings. The number of rotatable bonds is 2. The summed E-state index contributed by atoms with van der Waals surface area (Å²) in [4.78, 5) is 0. The number of hydrogen-bond acceptors (Lipinski definition) is 0. The van der Waals surface area contributed by atoms with Gasteiger partial charge in [0.2, 0.25) is 0 Å². The summed E-state index contributed by atoms with van der Waals surface area (Å²) in [5.74, 6) is 3.30. The Morgan fingerprint density at radius 1 is 1.80 bits per heavy atom. The van der Waals surface area contributed by atoms with E-state index < -0.39 is 0 Å². The highest BCUT2D eigenvalue weighted by molar-refractivity contribution is 4.50. The van der Waals surface area contributed by atoms with Crippen molar-refractivity contribution in [3.63, 3.8) is 0 Å². The van der Waals surface area contributed by atoms with Crippen LogP contribution in [0.5, 0.6) is 0 Å². The normalized spacial score (nSPS) is 8.40. The van der Waals surface area contributed by atoms with Gasteiger partial charge in [-0.05, 0) is 0 Å². The summed E-state index contributed by atoms with van der Waals surface area (Å²) < 4.78 is 0. The highest BCUT2D eigenvalue weighted by atomic mass is 15.2. The predicted molar refractivity (Wildman–Crippen MR) is 21.4 cm³/mol. The summed E-state index contributed by atoms with van der Waals surface area (Å²) in [6, 6.07) is 0. The maximum atomic E-state index is 3.60. The van der Waals surface area contributed by atoms with Crippen molar-refractivity contribution in [1.29, 1.82) is 0 Å². The van der Waals surface area contributed by atoms with E-state index in [9.17, 15) is 0 Å². The second-order valence-corrected chi connectivity index (χ2v) is 0.947. The molecular formula is C3H10N2. The smallest absolute Gasteiger partial charge is 0.0669 e. The summed E-state index contributed by atoms with van der Waals surface area (Å²) in [6.45, 7) is 2.98. The van der Waals surface area contributed by atoms with E-state index in [1.807, 2.05) is 0 Å². The molecule has 0 aromatic heterocycles. The average Bonchev–Trinajstić information content (AvgIpc) is 1.41. The molecule has 2 nitrogen and oxygen atoms in total. The largest absolute Gasteiger partial charge is 0.458 e. The lowest BCUT2D eigenvalue weighted by atomic mass is 10.5. The average molecular weight is 74.1 g/mol. The van der Waals surface area contributed by atoms with Crippen LogP contribution in [0.4, 0.5) is 0 Å². The number of nitrogens with zero attached hydrogens (tertiary/aromatic N) is 1. The van der Waals surface area contributed by atoms with Crippen LogP contribution in [0.2, 0.25) is 0 Å². The van der Waals surface area contributed by atoms with Crippen molar-refractivity contribution in [1.82, 2.24) is 0 Å². The van der Waals surface area contributed by atoms with E-state index in [0.717, 1.165) is 13.0 Å². The summed E-state index contributed by atoms with van der Waals surface area (Å²) >= 11 is 0. The van der Waals surface area contributed by atoms with Crippen molar-refractivity contribution in [2.45, 2.75) is 13.3 Å². The van der Waals surface area contributed by atoms with E-state index >= 15 is 0 Å². The van der Waals surface area contributed by atoms with Gasteiger partial charge in [0, 0.05) is 0 Å². The fourth-order valence-electron chi connectivity index (χ4n) is 0.158. The van der Waals surface area contributed by atoms with Gasteiger partial charge in [-0.2, -0.15) is 0 Å². The third-order valence-corrected chi connectivity index (χ3v) is 0.382. The van der Waals surface area contributed by atoms with Gasteiger partial charge in [0.05, 0.1) is 0 Å². The number of hydrogen-bond donors (Lipinski definition) is 1. The van der Waals surface area contributed by atoms with Gasteiger partial charge < -0.3 is 11.3 Å². The summed E-state index contributed by atoms with van der Waals surface area (Å²) in [6.07, 6.45) is 1.11. The van der Waals surface area contributed by atoms with E-state index in [-0.39, 0.29) is 0 Å². The molecule has 0 heterocycles. The van der Waals surface area contributed by atoms with Gasteiger partial charge in [-0.3, -0.25) is 0 Å². The van der Waals surface area contributed by atoms with Gasteiger partial charge >= 0.3 is 0 Å². The van der Waals surface area contributed by atoms with Crippen LogP contribution in [0.15, 0.2) is 0 Å². The lowest BCUT2D eigenvalue weighted by Gasteiger charge is -1.98. The molecule has 0 fully saturated rings. The van der Waals surface area contributed by atoms with Crippen LogP contribution in [0.25, 0.3) is 5.43 Å². The van der Waals surface area contributed by atoms with Crippen molar-refractivity contribution in [3.8, 4) is 0 Å². The summed E-state index contributed by atoms with van der Waals surface area (Å²) in [7, 11) is 0. The van der Waals surface area contributed by atoms with Gasteiger partial charge in [0.25, 0.3) is 0 Å². The van der Waals surface area contributed by atoms with Crippen LogP contribution in [-0.2, 0) is 0 Å². The van der Waals surface area contributed by atoms with Crippen molar-refractivity contribution in [3.05, 3.63) is 5.43 Å². The zero-order chi connectivity index (χ0) is 4.12. The zero-order valence-electron chi connectivity index (χ0n) is 3.57. The minimum atomic E-state index is 0.903. The van der Waals surface area contributed by atoms with Gasteiger partial charge in [0.15, 0.2) is 0 Å². The Hall–Kier alpha value is -0.0800. The first-order chi connectivity index (χ1) is 2.41. The molecule has 0 aliphatic carbocycles. The Balaban J connectivity index is 2.19. The van der Waals surface area contributed by atoms with E-state index in [0.29, 0.717) is 0 Å². The standard InChI is InChI=1S/C3H10N2/c1-2-3-5-4/h2-3H2,1,4H3. The maximum absolute atomic E-state index is 3.60. The molecule has 3 N–H and O–H groups in total. The van der Waals surface area contributed by atoms with Gasteiger partial charge in [-0.1, -0.05) is 13.3 Å². The quantitative estimate of drug-likeness (QED) is 0.445. The Kier molecular flexibility index (Phi) is 3.86. The van der Waals surface area contributed by atoms with Crippen LogP contribution in [0.1, 0.15) is 13.3 Å². The fourth-order valence-corrected chi connectivity index (χ4v) is 0.158. The monoisotopic (exact) mass is 74.1 g/mol. The van der Waals surface area contributed by atoms with Gasteiger partial charge in [0.1, 0.15) is 0 Å². The third kappa shape index (κ3) is 3.92. The molecule has 0 spiro atoms. The molecule has 0 amide bonds. The second kappa shape index (κ2) is 3.92. The molecule has 0 bridgehead atoms. The molecule has 0 saturated carbocycles. The topological polar surface area (TPSA) is 41.7 Å². The van der Waals surface area contributed by atoms with E-state index in [1.54, 1.807) is 0 Å². The van der Waals surface area contributed by atoms with Crippen molar-refractivity contribution in [2.75, 3.05) is 6.54 Å². The lowest BCUT2D eigenvalue weighted by molar-refractivity contribution is -0.304. The highest BCUT2D eigenvalue weighted by Crippen LogP contribution is 1.72. The molecule has 0 saturated heterocycles. The summed E-state index contributed by atoms with van der Waals surface area (Å²) in [5.41, 5.74) is 3.60. The molecule has 0 aliphatic heterocycles. The van der Waals surface area contributed by atoms with E-state index in [4.69, 9.17) is 0 Å². The van der Waals surface area contributed by atoms with Crippen LogP contribution >= 0.6 is 0 Å². The molecule has 0 unspecified atom stereocenters. The van der Waals surface area contributed by atoms with Crippen LogP contribution < -0.4 is 5.84 Å². The van der Waals surface area contributed by atoms with Crippen molar-refractivity contribution in [2.24, 2.45) is 0 Å². The van der Waals surface area contributed by atoms with Crippen LogP contribution in [0.3, 0.4) is 0 Å². The molecule has 0 rings (SSSR count). The first-order valence-electron chi connectivity index (χ1n) is 1.84. The van der Waals surface area contributed by atoms with Gasteiger partial charge in [-0.15, -0.1) is 6.54 Å². The maximum Gasteiger partial charge on any atom is -0.0669 e. The Bertz CT molecular complexity index is 12.4. The molecule has 0 aromatic carbocycles. The van der Waals surface area contributed by atoms with E-state index in [2.05, 4.69) is 18.2 Å². The van der Waals surface area contributed by atoms with Crippen molar-refractivity contribution >= 4 is 0 Å². The molecule has 2 heteroatoms. The Morgan fingerprint density at radius 2 is 2.40 bits per heavy atom. The lowest BCUT2D eigenvalue weighted by Crippen LogP contribution is -2.42. The Morgan fingerprint density at radius 3 is 2.40 bits per heavy atom. The van der Waals surface area contributed by atoms with Crippen LogP contribution in [0, 0.1) is 0 Å². The molecule has 0 atom stereocenters. The SMILES string of the molecule is CCC[N-][NH3+]. The first-order valence-corrected chi connectivity index (χ1v) is 1.84. The first kappa shape index (κ1) is 4.92. The van der Waals surface area contributed by atoms with Crippen molar-refractivity contribution < 1.29 is 5.84 Å². The highest BCUT2D eigenvalue weighted by Gasteiger charge is 1.55. The molecular weight excluding hydrogens is 64.0 g/mol. The van der Waals surface area contributed by atoms with E-state index in [1.165, 1.54) is 0 Å². The summed E-state index contributed by atoms with van der Waals surface area (Å²) in [5, 5.41) is 0. The van der Waals surface area contributed by atoms with Crippen LogP contribution in [-0.4, -0.2) is 6.54 Å². The minimum Gasteiger partial charge on any atom is -0.458 e. The zero-order valence-corrected chi connectivity index (χ0v) is 3.57. The fraction of sp³-hybridized carbons (Fsp3) is 1.00. The van der Waals surface area contributed by atoms with Gasteiger partial charge in [-0.25, -0.2) is 0 Å².